The predicted molar refractivity (Wildman–Crippen MR) is 84.2 cm³/mol. The Morgan fingerprint density at radius 3 is 2.27 bits per heavy atom. The van der Waals surface area contributed by atoms with Gasteiger partial charge in [0, 0.05) is 6.07 Å². The first kappa shape index (κ1) is 18.9. The second-order valence-corrected chi connectivity index (χ2v) is 5.15. The van der Waals surface area contributed by atoms with Gasteiger partial charge in [-0.25, -0.2) is 0 Å². The molecule has 0 fully saturated rings. The number of hydrogen-bond acceptors (Lipinski definition) is 6. The molecule has 0 saturated heterocycles. The van der Waals surface area contributed by atoms with E-state index in [4.69, 9.17) is 16.9 Å². The third kappa shape index (κ3) is 3.50. The molecule has 0 unspecified atom stereocenters. The molecule has 0 atom stereocenters. The maximum Gasteiger partial charge on any atom is 0.418 e. The van der Waals surface area contributed by atoms with Gasteiger partial charge in [-0.2, -0.15) is 18.4 Å². The van der Waals surface area contributed by atoms with Crippen molar-refractivity contribution in [2.75, 3.05) is 5.32 Å². The van der Waals surface area contributed by atoms with Crippen LogP contribution < -0.4 is 5.32 Å². The van der Waals surface area contributed by atoms with Gasteiger partial charge < -0.3 is 5.32 Å². The molecule has 0 aromatic heterocycles. The van der Waals surface area contributed by atoms with Crippen molar-refractivity contribution < 1.29 is 23.0 Å². The van der Waals surface area contributed by atoms with Crippen LogP contribution in [-0.2, 0) is 6.18 Å². The first-order chi connectivity index (χ1) is 12.1. The Balaban J connectivity index is 2.83. The van der Waals surface area contributed by atoms with Crippen molar-refractivity contribution in [3.05, 3.63) is 66.7 Å². The molecule has 1 N–H and O–H groups in total. The second kappa shape index (κ2) is 6.85. The van der Waals surface area contributed by atoms with E-state index in [1.165, 1.54) is 24.3 Å². The SMILES string of the molecule is N#Cc1ccccc1Nc1c([N+](=O)[O-])cc(C(F)(F)F)c(Cl)c1[N+](=O)[O-]. The Labute approximate surface area is 147 Å². The minimum absolute atomic E-state index is 0.0351. The van der Waals surface area contributed by atoms with Crippen LogP contribution in [0.15, 0.2) is 30.3 Å². The minimum Gasteiger partial charge on any atom is -0.343 e. The predicted octanol–water partition coefficient (Wildman–Crippen LogP) is 4.79. The lowest BCUT2D eigenvalue weighted by Gasteiger charge is -2.14. The van der Waals surface area contributed by atoms with Crippen molar-refractivity contribution in [3.8, 4) is 6.07 Å². The lowest BCUT2D eigenvalue weighted by Crippen LogP contribution is -2.11. The van der Waals surface area contributed by atoms with E-state index in [0.29, 0.717) is 0 Å². The Bertz CT molecular complexity index is 956. The van der Waals surface area contributed by atoms with E-state index in [-0.39, 0.29) is 17.3 Å². The standard InChI is InChI=1S/C14H6ClF3N4O4/c15-11-8(14(16,17)18)5-10(21(23)24)12(13(11)22(25)26)20-9-4-2-1-3-7(9)6-19/h1-5,20H. The van der Waals surface area contributed by atoms with Gasteiger partial charge in [0.15, 0.2) is 5.69 Å². The molecule has 0 bridgehead atoms. The smallest absolute Gasteiger partial charge is 0.343 e. The van der Waals surface area contributed by atoms with E-state index in [1.54, 1.807) is 6.07 Å². The summed E-state index contributed by atoms with van der Waals surface area (Å²) in [5, 5.41) is 32.5. The fraction of sp³-hybridized carbons (Fsp3) is 0.0714. The average molecular weight is 387 g/mol. The van der Waals surface area contributed by atoms with Crippen molar-refractivity contribution in [1.82, 2.24) is 0 Å². The molecule has 8 nitrogen and oxygen atoms in total. The Kier molecular flexibility index (Phi) is 4.99. The molecule has 0 heterocycles. The van der Waals surface area contributed by atoms with Crippen LogP contribution in [-0.4, -0.2) is 9.85 Å². The van der Waals surface area contributed by atoms with E-state index in [2.05, 4.69) is 5.32 Å². The summed E-state index contributed by atoms with van der Waals surface area (Å²) in [6, 6.07) is 7.33. The molecule has 0 aliphatic carbocycles. The topological polar surface area (TPSA) is 122 Å². The molecular formula is C14H6ClF3N4O4. The molecular weight excluding hydrogens is 381 g/mol. The summed E-state index contributed by atoms with van der Waals surface area (Å²) in [6.45, 7) is 0. The molecule has 0 aliphatic heterocycles. The first-order valence-electron chi connectivity index (χ1n) is 6.56. The summed E-state index contributed by atoms with van der Waals surface area (Å²) in [7, 11) is 0. The fourth-order valence-electron chi connectivity index (χ4n) is 2.10. The maximum absolute atomic E-state index is 13.0. The lowest BCUT2D eigenvalue weighted by molar-refractivity contribution is -0.392. The number of nitrogens with zero attached hydrogens (tertiary/aromatic N) is 3. The number of alkyl halides is 3. The van der Waals surface area contributed by atoms with Crippen LogP contribution in [0.1, 0.15) is 11.1 Å². The van der Waals surface area contributed by atoms with Crippen LogP contribution in [0.4, 0.5) is 35.9 Å². The van der Waals surface area contributed by atoms with Crippen LogP contribution in [0.3, 0.4) is 0 Å². The first-order valence-corrected chi connectivity index (χ1v) is 6.94. The summed E-state index contributed by atoms with van der Waals surface area (Å²) in [6.07, 6.45) is -5.14. The van der Waals surface area contributed by atoms with Crippen molar-refractivity contribution >= 4 is 34.4 Å². The maximum atomic E-state index is 13.0. The summed E-state index contributed by atoms with van der Waals surface area (Å²) in [4.78, 5) is 20.0. The normalized spacial score (nSPS) is 10.9. The highest BCUT2D eigenvalue weighted by Crippen LogP contribution is 2.48. The van der Waals surface area contributed by atoms with Gasteiger partial charge in [-0.05, 0) is 12.1 Å². The number of nitriles is 1. The van der Waals surface area contributed by atoms with Gasteiger partial charge in [0.1, 0.15) is 11.1 Å². The van der Waals surface area contributed by atoms with E-state index in [1.807, 2.05) is 0 Å². The molecule has 0 spiro atoms. The minimum atomic E-state index is -5.14. The van der Waals surface area contributed by atoms with Crippen molar-refractivity contribution in [3.63, 3.8) is 0 Å². The number of rotatable bonds is 4. The van der Waals surface area contributed by atoms with E-state index in [9.17, 15) is 33.4 Å². The summed E-state index contributed by atoms with van der Waals surface area (Å²) < 4.78 is 39.1. The Hall–Kier alpha value is -3.39. The highest BCUT2D eigenvalue weighted by Gasteiger charge is 2.42. The molecule has 0 radical (unpaired) electrons. The van der Waals surface area contributed by atoms with Gasteiger partial charge in [0.25, 0.3) is 0 Å². The molecule has 0 amide bonds. The van der Waals surface area contributed by atoms with Crippen molar-refractivity contribution in [2.24, 2.45) is 0 Å². The van der Waals surface area contributed by atoms with Gasteiger partial charge in [-0.15, -0.1) is 0 Å². The third-order valence-corrected chi connectivity index (χ3v) is 3.59. The molecule has 0 aliphatic rings. The zero-order valence-corrected chi connectivity index (χ0v) is 13.1. The van der Waals surface area contributed by atoms with Crippen LogP contribution in [0.25, 0.3) is 0 Å². The fourth-order valence-corrected chi connectivity index (χ4v) is 2.43. The number of nitrogens with one attached hydrogen (secondary N) is 1. The number of nitro groups is 2. The third-order valence-electron chi connectivity index (χ3n) is 3.21. The van der Waals surface area contributed by atoms with E-state index < -0.39 is 43.7 Å². The molecule has 0 saturated carbocycles. The monoisotopic (exact) mass is 386 g/mol. The average Bonchev–Trinajstić information content (AvgIpc) is 2.53. The van der Waals surface area contributed by atoms with Crippen LogP contribution >= 0.6 is 11.6 Å². The van der Waals surface area contributed by atoms with E-state index in [0.717, 1.165) is 0 Å². The molecule has 2 aromatic rings. The van der Waals surface area contributed by atoms with Gasteiger partial charge in [0.05, 0.1) is 26.7 Å². The molecule has 12 heteroatoms. The largest absolute Gasteiger partial charge is 0.418 e. The lowest BCUT2D eigenvalue weighted by atomic mass is 10.1. The number of hydrogen-bond donors (Lipinski definition) is 1. The number of para-hydroxylation sites is 1. The van der Waals surface area contributed by atoms with Gasteiger partial charge in [-0.3, -0.25) is 20.2 Å². The van der Waals surface area contributed by atoms with Crippen LogP contribution in [0, 0.1) is 31.6 Å². The number of anilines is 2. The quantitative estimate of drug-likeness (QED) is 0.595. The van der Waals surface area contributed by atoms with E-state index >= 15 is 0 Å². The zero-order chi connectivity index (χ0) is 19.6. The molecule has 2 rings (SSSR count). The molecule has 134 valence electrons. The zero-order valence-electron chi connectivity index (χ0n) is 12.4. The van der Waals surface area contributed by atoms with Crippen molar-refractivity contribution in [1.29, 1.82) is 5.26 Å². The number of nitro benzene ring substituents is 2. The van der Waals surface area contributed by atoms with Crippen LogP contribution in [0.5, 0.6) is 0 Å². The summed E-state index contributed by atoms with van der Waals surface area (Å²) >= 11 is 5.52. The number of benzene rings is 2. The van der Waals surface area contributed by atoms with Gasteiger partial charge in [-0.1, -0.05) is 23.7 Å². The molecule has 26 heavy (non-hydrogen) atoms. The Morgan fingerprint density at radius 1 is 1.15 bits per heavy atom. The highest BCUT2D eigenvalue weighted by molar-refractivity contribution is 6.34. The summed E-state index contributed by atoms with van der Waals surface area (Å²) in [5.41, 5.74) is -5.20. The second-order valence-electron chi connectivity index (χ2n) is 4.78. The Morgan fingerprint density at radius 2 is 1.77 bits per heavy atom. The number of halogens is 4. The van der Waals surface area contributed by atoms with Gasteiger partial charge >= 0.3 is 17.6 Å². The van der Waals surface area contributed by atoms with Gasteiger partial charge in [0.2, 0.25) is 0 Å². The highest BCUT2D eigenvalue weighted by atomic mass is 35.5. The van der Waals surface area contributed by atoms with Crippen LogP contribution in [0.2, 0.25) is 5.02 Å². The molecule has 2 aromatic carbocycles. The summed E-state index contributed by atoms with van der Waals surface area (Å²) in [5.74, 6) is 0. The van der Waals surface area contributed by atoms with Crippen molar-refractivity contribution in [2.45, 2.75) is 6.18 Å².